The molecule has 0 aliphatic rings. The standard InChI is InChI=1S/C10H8BrNO3/c1-15-10(14)4-7(6-13)9-3-2-8(11)5-12-9/h2-3,5H,4H2,1H3. The van der Waals surface area contributed by atoms with Crippen LogP contribution in [0.4, 0.5) is 0 Å². The van der Waals surface area contributed by atoms with Gasteiger partial charge in [0.15, 0.2) is 0 Å². The quantitative estimate of drug-likeness (QED) is 0.618. The van der Waals surface area contributed by atoms with Gasteiger partial charge in [-0.3, -0.25) is 9.78 Å². The monoisotopic (exact) mass is 269 g/mol. The Labute approximate surface area is 95.1 Å². The molecule has 4 nitrogen and oxygen atoms in total. The highest BCUT2D eigenvalue weighted by atomic mass is 79.9. The fourth-order valence-corrected chi connectivity index (χ4v) is 1.18. The molecule has 0 saturated heterocycles. The van der Waals surface area contributed by atoms with E-state index < -0.39 is 5.97 Å². The smallest absolute Gasteiger partial charge is 0.310 e. The Kier molecular flexibility index (Phi) is 4.21. The van der Waals surface area contributed by atoms with Crippen molar-refractivity contribution in [1.82, 2.24) is 4.98 Å². The molecule has 15 heavy (non-hydrogen) atoms. The van der Waals surface area contributed by atoms with Crippen molar-refractivity contribution in [2.45, 2.75) is 6.42 Å². The van der Waals surface area contributed by atoms with Gasteiger partial charge in [0, 0.05) is 10.7 Å². The summed E-state index contributed by atoms with van der Waals surface area (Å²) in [4.78, 5) is 25.6. The lowest BCUT2D eigenvalue weighted by atomic mass is 10.1. The van der Waals surface area contributed by atoms with Crippen molar-refractivity contribution in [3.8, 4) is 0 Å². The predicted molar refractivity (Wildman–Crippen MR) is 57.7 cm³/mol. The van der Waals surface area contributed by atoms with Crippen molar-refractivity contribution in [3.05, 3.63) is 28.5 Å². The topological polar surface area (TPSA) is 56.3 Å². The molecule has 0 bridgehead atoms. The Morgan fingerprint density at radius 1 is 1.60 bits per heavy atom. The number of ether oxygens (including phenoxy) is 1. The maximum absolute atomic E-state index is 11.0. The molecule has 0 aromatic carbocycles. The van der Waals surface area contributed by atoms with Gasteiger partial charge in [0.25, 0.3) is 0 Å². The average molecular weight is 270 g/mol. The zero-order chi connectivity index (χ0) is 11.3. The summed E-state index contributed by atoms with van der Waals surface area (Å²) in [5.41, 5.74) is 0.618. The number of carbonyl (C=O) groups is 1. The molecule has 0 aliphatic heterocycles. The molecule has 0 atom stereocenters. The van der Waals surface area contributed by atoms with Gasteiger partial charge in [-0.1, -0.05) is 0 Å². The van der Waals surface area contributed by atoms with Crippen LogP contribution in [0.15, 0.2) is 22.8 Å². The van der Waals surface area contributed by atoms with Gasteiger partial charge in [-0.15, -0.1) is 0 Å². The maximum Gasteiger partial charge on any atom is 0.310 e. The number of nitrogens with zero attached hydrogens (tertiary/aromatic N) is 1. The highest BCUT2D eigenvalue weighted by Gasteiger charge is 2.10. The lowest BCUT2D eigenvalue weighted by molar-refractivity contribution is -0.139. The molecule has 1 aromatic rings. The first kappa shape index (κ1) is 11.6. The molecule has 0 amide bonds. The molecule has 1 heterocycles. The van der Waals surface area contributed by atoms with Crippen LogP contribution in [-0.4, -0.2) is 24.0 Å². The zero-order valence-electron chi connectivity index (χ0n) is 7.99. The predicted octanol–water partition coefficient (Wildman–Crippen LogP) is 1.62. The van der Waals surface area contributed by atoms with Crippen molar-refractivity contribution in [2.24, 2.45) is 0 Å². The molecule has 0 aliphatic carbocycles. The van der Waals surface area contributed by atoms with E-state index in [9.17, 15) is 9.59 Å². The molecule has 0 saturated carbocycles. The van der Waals surface area contributed by atoms with Crippen LogP contribution in [0.25, 0.3) is 5.57 Å². The van der Waals surface area contributed by atoms with Gasteiger partial charge in [-0.2, -0.15) is 0 Å². The number of hydrogen-bond acceptors (Lipinski definition) is 4. The summed E-state index contributed by atoms with van der Waals surface area (Å²) in [7, 11) is 1.26. The maximum atomic E-state index is 11.0. The van der Waals surface area contributed by atoms with Crippen LogP contribution in [0.1, 0.15) is 12.1 Å². The van der Waals surface area contributed by atoms with Crippen molar-refractivity contribution >= 4 is 33.4 Å². The highest BCUT2D eigenvalue weighted by molar-refractivity contribution is 9.10. The summed E-state index contributed by atoms with van der Waals surface area (Å²) in [6, 6.07) is 3.37. The lowest BCUT2D eigenvalue weighted by Crippen LogP contribution is -2.02. The molecule has 5 heteroatoms. The van der Waals surface area contributed by atoms with Gasteiger partial charge in [0.1, 0.15) is 5.94 Å². The third-order valence-electron chi connectivity index (χ3n) is 1.71. The molecule has 0 unspecified atom stereocenters. The van der Waals surface area contributed by atoms with Crippen molar-refractivity contribution in [2.75, 3.05) is 7.11 Å². The number of pyridine rings is 1. The van der Waals surface area contributed by atoms with Gasteiger partial charge < -0.3 is 4.74 Å². The zero-order valence-corrected chi connectivity index (χ0v) is 9.58. The van der Waals surface area contributed by atoms with Crippen LogP contribution >= 0.6 is 15.9 Å². The molecule has 0 N–H and O–H groups in total. The number of rotatable bonds is 3. The summed E-state index contributed by atoms with van der Waals surface area (Å²) in [6.07, 6.45) is 1.43. The third kappa shape index (κ3) is 3.31. The molecule has 0 spiro atoms. The minimum atomic E-state index is -0.488. The van der Waals surface area contributed by atoms with Crippen molar-refractivity contribution in [1.29, 1.82) is 0 Å². The Morgan fingerprint density at radius 3 is 2.80 bits per heavy atom. The summed E-state index contributed by atoms with van der Waals surface area (Å²) < 4.78 is 5.25. The molecule has 78 valence electrons. The fourth-order valence-electron chi connectivity index (χ4n) is 0.950. The van der Waals surface area contributed by atoms with Crippen molar-refractivity contribution in [3.63, 3.8) is 0 Å². The first-order valence-electron chi connectivity index (χ1n) is 4.10. The number of halogens is 1. The minimum absolute atomic E-state index is 0.116. The van der Waals surface area contributed by atoms with E-state index in [0.717, 1.165) is 4.47 Å². The highest BCUT2D eigenvalue weighted by Crippen LogP contribution is 2.15. The van der Waals surface area contributed by atoms with Gasteiger partial charge >= 0.3 is 5.97 Å². The largest absolute Gasteiger partial charge is 0.469 e. The number of carbonyl (C=O) groups excluding carboxylic acids is 2. The molecule has 0 radical (unpaired) electrons. The van der Waals surface area contributed by atoms with Gasteiger partial charge in [-0.05, 0) is 28.1 Å². The van der Waals surface area contributed by atoms with Crippen LogP contribution in [0.5, 0.6) is 0 Å². The second-order valence-electron chi connectivity index (χ2n) is 2.70. The van der Waals surface area contributed by atoms with Crippen LogP contribution in [0, 0.1) is 0 Å². The summed E-state index contributed by atoms with van der Waals surface area (Å²) in [5.74, 6) is 1.20. The Balaban J connectivity index is 2.89. The Hall–Kier alpha value is -1.45. The van der Waals surface area contributed by atoms with E-state index >= 15 is 0 Å². The van der Waals surface area contributed by atoms with E-state index in [1.807, 2.05) is 0 Å². The molecule has 1 rings (SSSR count). The number of aromatic nitrogens is 1. The Morgan fingerprint density at radius 2 is 2.33 bits per heavy atom. The SMILES string of the molecule is COC(=O)CC(=C=O)c1ccc(Br)cn1. The van der Waals surface area contributed by atoms with E-state index in [-0.39, 0.29) is 12.0 Å². The summed E-state index contributed by atoms with van der Waals surface area (Å²) in [5, 5.41) is 0. The van der Waals surface area contributed by atoms with E-state index in [2.05, 4.69) is 25.7 Å². The van der Waals surface area contributed by atoms with Crippen molar-refractivity contribution < 1.29 is 14.3 Å². The number of hydrogen-bond donors (Lipinski definition) is 0. The average Bonchev–Trinajstić information content (AvgIpc) is 2.27. The van der Waals surface area contributed by atoms with E-state index in [0.29, 0.717) is 5.69 Å². The summed E-state index contributed by atoms with van der Waals surface area (Å²) in [6.45, 7) is 0. The molecular formula is C10H8BrNO3. The normalized spacial score (nSPS) is 9.20. The first-order valence-corrected chi connectivity index (χ1v) is 4.89. The van der Waals surface area contributed by atoms with Crippen LogP contribution in [0.2, 0.25) is 0 Å². The lowest BCUT2D eigenvalue weighted by Gasteiger charge is -2.01. The van der Waals surface area contributed by atoms with Gasteiger partial charge in [0.2, 0.25) is 0 Å². The number of esters is 1. The molecule has 0 fully saturated rings. The molecule has 1 aromatic heterocycles. The second kappa shape index (κ2) is 5.44. The first-order chi connectivity index (χ1) is 7.17. The van der Waals surface area contributed by atoms with E-state index in [1.54, 1.807) is 24.3 Å². The number of methoxy groups -OCH3 is 1. The van der Waals surface area contributed by atoms with Gasteiger partial charge in [0.05, 0.1) is 24.8 Å². The molecular weight excluding hydrogens is 262 g/mol. The Bertz CT molecular complexity index is 407. The van der Waals surface area contributed by atoms with E-state index in [1.165, 1.54) is 7.11 Å². The second-order valence-corrected chi connectivity index (χ2v) is 3.61. The third-order valence-corrected chi connectivity index (χ3v) is 2.18. The van der Waals surface area contributed by atoms with E-state index in [4.69, 9.17) is 0 Å². The van der Waals surface area contributed by atoms with Crippen LogP contribution in [0.3, 0.4) is 0 Å². The minimum Gasteiger partial charge on any atom is -0.469 e. The van der Waals surface area contributed by atoms with Crippen LogP contribution in [-0.2, 0) is 14.3 Å². The summed E-state index contributed by atoms with van der Waals surface area (Å²) >= 11 is 3.22. The van der Waals surface area contributed by atoms with Gasteiger partial charge in [-0.25, -0.2) is 4.79 Å². The van der Waals surface area contributed by atoms with Crippen LogP contribution < -0.4 is 0 Å². The fraction of sp³-hybridized carbons (Fsp3) is 0.200.